The van der Waals surface area contributed by atoms with E-state index in [4.69, 9.17) is 10.7 Å². The molecule has 0 bridgehead atoms. The number of nitrogens with zero attached hydrogens (tertiary/aromatic N) is 3. The Morgan fingerprint density at radius 3 is 2.37 bits per heavy atom. The zero-order chi connectivity index (χ0) is 13.8. The molecule has 0 amide bonds. The van der Waals surface area contributed by atoms with E-state index in [0.29, 0.717) is 11.9 Å². The van der Waals surface area contributed by atoms with Gasteiger partial charge in [-0.2, -0.15) is 0 Å². The van der Waals surface area contributed by atoms with Crippen molar-refractivity contribution in [3.05, 3.63) is 11.4 Å². The van der Waals surface area contributed by atoms with E-state index in [9.17, 15) is 0 Å². The lowest BCUT2D eigenvalue weighted by atomic mass is 10.1. The van der Waals surface area contributed by atoms with Crippen LogP contribution < -0.4 is 10.6 Å². The fraction of sp³-hybridized carbons (Fsp3) is 0.733. The van der Waals surface area contributed by atoms with Gasteiger partial charge in [-0.25, -0.2) is 9.97 Å². The van der Waals surface area contributed by atoms with Gasteiger partial charge in [0.15, 0.2) is 0 Å². The predicted molar refractivity (Wildman–Crippen MR) is 80.5 cm³/mol. The van der Waals surface area contributed by atoms with Crippen LogP contribution in [-0.4, -0.2) is 23.1 Å². The van der Waals surface area contributed by atoms with Gasteiger partial charge in [0, 0.05) is 25.1 Å². The van der Waals surface area contributed by atoms with Gasteiger partial charge in [-0.15, -0.1) is 0 Å². The Morgan fingerprint density at radius 2 is 1.79 bits per heavy atom. The summed E-state index contributed by atoms with van der Waals surface area (Å²) in [6.07, 6.45) is 8.76. The maximum absolute atomic E-state index is 6.02. The molecule has 106 valence electrons. The van der Waals surface area contributed by atoms with Crippen molar-refractivity contribution in [1.29, 1.82) is 0 Å². The predicted octanol–water partition coefficient (Wildman–Crippen LogP) is 3.09. The third kappa shape index (κ3) is 3.17. The fourth-order valence-electron chi connectivity index (χ4n) is 2.89. The molecule has 0 unspecified atom stereocenters. The van der Waals surface area contributed by atoms with E-state index < -0.39 is 0 Å². The second kappa shape index (κ2) is 6.22. The lowest BCUT2D eigenvalue weighted by Crippen LogP contribution is -2.33. The third-order valence-corrected chi connectivity index (χ3v) is 4.23. The van der Waals surface area contributed by atoms with Crippen LogP contribution in [0.2, 0.25) is 0 Å². The molecule has 0 saturated heterocycles. The molecule has 0 aliphatic heterocycles. The summed E-state index contributed by atoms with van der Waals surface area (Å²) in [4.78, 5) is 11.4. The second-order valence-corrected chi connectivity index (χ2v) is 5.58. The SMILES string of the molecule is CCc1nc(N)c(C)c(N(C)C2CCCCCC2)n1. The average Bonchev–Trinajstić information content (AvgIpc) is 2.70. The van der Waals surface area contributed by atoms with E-state index in [2.05, 4.69) is 23.9 Å². The van der Waals surface area contributed by atoms with Crippen molar-refractivity contribution >= 4 is 11.6 Å². The van der Waals surface area contributed by atoms with Crippen LogP contribution in [0.4, 0.5) is 11.6 Å². The van der Waals surface area contributed by atoms with Crippen LogP contribution in [0.3, 0.4) is 0 Å². The summed E-state index contributed by atoms with van der Waals surface area (Å²) in [6, 6.07) is 0.597. The average molecular weight is 262 g/mol. The molecular formula is C15H26N4. The standard InChI is InChI=1S/C15H26N4/c1-4-13-17-14(16)11(2)15(18-13)19(3)12-9-7-5-6-8-10-12/h12H,4-10H2,1-3H3,(H2,16,17,18). The Kier molecular flexibility index (Phi) is 4.61. The number of hydrogen-bond acceptors (Lipinski definition) is 4. The van der Waals surface area contributed by atoms with Crippen molar-refractivity contribution in [2.24, 2.45) is 0 Å². The van der Waals surface area contributed by atoms with Crippen molar-refractivity contribution in [3.8, 4) is 0 Å². The molecule has 1 aliphatic rings. The molecular weight excluding hydrogens is 236 g/mol. The molecule has 1 aromatic rings. The van der Waals surface area contributed by atoms with Crippen LogP contribution in [0.25, 0.3) is 0 Å². The maximum Gasteiger partial charge on any atom is 0.137 e. The van der Waals surface area contributed by atoms with Crippen LogP contribution >= 0.6 is 0 Å². The highest BCUT2D eigenvalue weighted by Gasteiger charge is 2.21. The maximum atomic E-state index is 6.02. The van der Waals surface area contributed by atoms with Crippen molar-refractivity contribution in [1.82, 2.24) is 9.97 Å². The first kappa shape index (κ1) is 14.1. The lowest BCUT2D eigenvalue weighted by molar-refractivity contribution is 0.547. The number of nitrogens with two attached hydrogens (primary N) is 1. The zero-order valence-electron chi connectivity index (χ0n) is 12.4. The Morgan fingerprint density at radius 1 is 1.16 bits per heavy atom. The summed E-state index contributed by atoms with van der Waals surface area (Å²) in [5, 5.41) is 0. The van der Waals surface area contributed by atoms with E-state index in [1.54, 1.807) is 0 Å². The Hall–Kier alpha value is -1.32. The first-order valence-corrected chi connectivity index (χ1v) is 7.49. The summed E-state index contributed by atoms with van der Waals surface area (Å²) in [6.45, 7) is 4.09. The molecule has 2 N–H and O–H groups in total. The van der Waals surface area contributed by atoms with Crippen molar-refractivity contribution < 1.29 is 0 Å². The molecule has 1 heterocycles. The Bertz CT molecular complexity index is 422. The summed E-state index contributed by atoms with van der Waals surface area (Å²) in [7, 11) is 2.16. The number of aryl methyl sites for hydroxylation is 1. The van der Waals surface area contributed by atoms with Crippen LogP contribution in [0.5, 0.6) is 0 Å². The van der Waals surface area contributed by atoms with Crippen molar-refractivity contribution in [3.63, 3.8) is 0 Å². The normalized spacial score (nSPS) is 17.2. The van der Waals surface area contributed by atoms with Gasteiger partial charge >= 0.3 is 0 Å². The highest BCUT2D eigenvalue weighted by atomic mass is 15.2. The summed E-state index contributed by atoms with van der Waals surface area (Å²) in [5.41, 5.74) is 7.03. The van der Waals surface area contributed by atoms with Crippen LogP contribution in [-0.2, 0) is 6.42 Å². The molecule has 1 aromatic heterocycles. The highest BCUT2D eigenvalue weighted by Crippen LogP contribution is 2.28. The number of hydrogen-bond donors (Lipinski definition) is 1. The summed E-state index contributed by atoms with van der Waals surface area (Å²) >= 11 is 0. The first-order chi connectivity index (χ1) is 9.13. The minimum Gasteiger partial charge on any atom is -0.383 e. The number of nitrogen functional groups attached to an aromatic ring is 1. The van der Waals surface area contributed by atoms with Gasteiger partial charge in [-0.3, -0.25) is 0 Å². The molecule has 4 nitrogen and oxygen atoms in total. The third-order valence-electron chi connectivity index (χ3n) is 4.23. The van der Waals surface area contributed by atoms with Gasteiger partial charge in [0.2, 0.25) is 0 Å². The van der Waals surface area contributed by atoms with Gasteiger partial charge in [-0.05, 0) is 19.8 Å². The van der Waals surface area contributed by atoms with Crippen molar-refractivity contribution in [2.75, 3.05) is 17.7 Å². The minimum absolute atomic E-state index is 0.597. The summed E-state index contributed by atoms with van der Waals surface area (Å²) in [5.74, 6) is 2.50. The van der Waals surface area contributed by atoms with Crippen LogP contribution in [0.15, 0.2) is 0 Å². The van der Waals surface area contributed by atoms with Crippen LogP contribution in [0.1, 0.15) is 56.8 Å². The second-order valence-electron chi connectivity index (χ2n) is 5.58. The largest absolute Gasteiger partial charge is 0.383 e. The van der Waals surface area contributed by atoms with E-state index in [1.165, 1.54) is 38.5 Å². The number of rotatable bonds is 3. The van der Waals surface area contributed by atoms with Gasteiger partial charge in [0.1, 0.15) is 17.5 Å². The first-order valence-electron chi connectivity index (χ1n) is 7.49. The van der Waals surface area contributed by atoms with Gasteiger partial charge in [0.05, 0.1) is 0 Å². The molecule has 0 radical (unpaired) electrons. The van der Waals surface area contributed by atoms with Gasteiger partial charge in [0.25, 0.3) is 0 Å². The topological polar surface area (TPSA) is 55.0 Å². The highest BCUT2D eigenvalue weighted by molar-refractivity contribution is 5.56. The van der Waals surface area contributed by atoms with Gasteiger partial charge < -0.3 is 10.6 Å². The molecule has 1 aliphatic carbocycles. The molecule has 0 aromatic carbocycles. The Labute approximate surface area is 116 Å². The molecule has 1 saturated carbocycles. The van der Waals surface area contributed by atoms with Crippen LogP contribution in [0, 0.1) is 6.92 Å². The molecule has 2 rings (SSSR count). The lowest BCUT2D eigenvalue weighted by Gasteiger charge is -2.30. The van der Waals surface area contributed by atoms with Crippen molar-refractivity contribution in [2.45, 2.75) is 64.8 Å². The smallest absolute Gasteiger partial charge is 0.137 e. The minimum atomic E-state index is 0.597. The summed E-state index contributed by atoms with van der Waals surface area (Å²) < 4.78 is 0. The van der Waals surface area contributed by atoms with Gasteiger partial charge in [-0.1, -0.05) is 32.6 Å². The van der Waals surface area contributed by atoms with E-state index >= 15 is 0 Å². The molecule has 4 heteroatoms. The molecule has 0 atom stereocenters. The monoisotopic (exact) mass is 262 g/mol. The van der Waals surface area contributed by atoms with E-state index in [1.807, 2.05) is 6.92 Å². The number of aromatic nitrogens is 2. The number of anilines is 2. The Balaban J connectivity index is 2.26. The molecule has 1 fully saturated rings. The molecule has 19 heavy (non-hydrogen) atoms. The van der Waals surface area contributed by atoms with E-state index in [0.717, 1.165) is 23.6 Å². The molecule has 0 spiro atoms. The fourth-order valence-corrected chi connectivity index (χ4v) is 2.89. The zero-order valence-corrected chi connectivity index (χ0v) is 12.4. The quantitative estimate of drug-likeness (QED) is 0.850. The van der Waals surface area contributed by atoms with E-state index in [-0.39, 0.29) is 0 Å².